The van der Waals surface area contributed by atoms with Gasteiger partial charge in [-0.25, -0.2) is 9.59 Å². The van der Waals surface area contributed by atoms with Crippen molar-refractivity contribution in [3.8, 4) is 0 Å². The van der Waals surface area contributed by atoms with Gasteiger partial charge < -0.3 is 20.6 Å². The van der Waals surface area contributed by atoms with Crippen LogP contribution >= 0.6 is 0 Å². The Labute approximate surface area is 108 Å². The molecule has 0 radical (unpaired) electrons. The molecule has 0 bridgehead atoms. The number of aliphatic carboxylic acids is 1. The van der Waals surface area contributed by atoms with Crippen molar-refractivity contribution in [1.29, 1.82) is 0 Å². The van der Waals surface area contributed by atoms with Gasteiger partial charge in [0.05, 0.1) is 0 Å². The number of hydrogen-bond acceptors (Lipinski definition) is 3. The molecule has 2 atom stereocenters. The summed E-state index contributed by atoms with van der Waals surface area (Å²) in [5, 5.41) is 14.2. The summed E-state index contributed by atoms with van der Waals surface area (Å²) in [6.45, 7) is 4.54. The maximum absolute atomic E-state index is 11.6. The van der Waals surface area contributed by atoms with E-state index in [-0.39, 0.29) is 6.03 Å². The summed E-state index contributed by atoms with van der Waals surface area (Å²) in [6, 6.07) is -1.17. The van der Waals surface area contributed by atoms with E-state index in [0.29, 0.717) is 18.9 Å². The smallest absolute Gasteiger partial charge is 0.326 e. The lowest BCUT2D eigenvalue weighted by Crippen LogP contribution is -2.47. The van der Waals surface area contributed by atoms with Crippen LogP contribution < -0.4 is 10.6 Å². The van der Waals surface area contributed by atoms with Gasteiger partial charge in [-0.2, -0.15) is 0 Å². The third-order valence-electron chi connectivity index (χ3n) is 3.22. The highest BCUT2D eigenvalue weighted by Gasteiger charge is 2.22. The summed E-state index contributed by atoms with van der Waals surface area (Å²) in [5.41, 5.74) is 0. The van der Waals surface area contributed by atoms with E-state index in [1.807, 2.05) is 6.92 Å². The highest BCUT2D eigenvalue weighted by atomic mass is 16.4. The van der Waals surface area contributed by atoms with Gasteiger partial charge in [-0.05, 0) is 32.4 Å². The quantitative estimate of drug-likeness (QED) is 0.647. The number of rotatable bonds is 6. The number of likely N-dealkylation sites (tertiary alicyclic amines) is 1. The van der Waals surface area contributed by atoms with E-state index in [2.05, 4.69) is 22.6 Å². The van der Waals surface area contributed by atoms with Crippen LogP contribution in [0, 0.1) is 5.92 Å². The fourth-order valence-corrected chi connectivity index (χ4v) is 2.19. The Morgan fingerprint density at radius 2 is 2.22 bits per heavy atom. The van der Waals surface area contributed by atoms with Crippen LogP contribution in [0.3, 0.4) is 0 Å². The molecule has 2 amide bonds. The minimum absolute atomic E-state index is 0.384. The molecule has 0 aromatic carbocycles. The maximum Gasteiger partial charge on any atom is 0.326 e. The van der Waals surface area contributed by atoms with E-state index in [1.165, 1.54) is 0 Å². The second-order valence-corrected chi connectivity index (χ2v) is 4.95. The Morgan fingerprint density at radius 3 is 2.72 bits per heavy atom. The van der Waals surface area contributed by atoms with Gasteiger partial charge in [-0.15, -0.1) is 0 Å². The van der Waals surface area contributed by atoms with Crippen LogP contribution in [0.4, 0.5) is 4.79 Å². The summed E-state index contributed by atoms with van der Waals surface area (Å²) in [7, 11) is 2.06. The Balaban J connectivity index is 2.25. The van der Waals surface area contributed by atoms with Gasteiger partial charge in [0.15, 0.2) is 0 Å². The van der Waals surface area contributed by atoms with Gasteiger partial charge in [0.1, 0.15) is 6.04 Å². The first kappa shape index (κ1) is 14.8. The van der Waals surface area contributed by atoms with Crippen molar-refractivity contribution in [3.63, 3.8) is 0 Å². The fourth-order valence-electron chi connectivity index (χ4n) is 2.19. The fraction of sp³-hybridized carbons (Fsp3) is 0.833. The number of urea groups is 1. The molecular formula is C12H23N3O3. The molecule has 1 rings (SSSR count). The molecule has 1 aliphatic rings. The van der Waals surface area contributed by atoms with E-state index < -0.39 is 12.0 Å². The summed E-state index contributed by atoms with van der Waals surface area (Å²) >= 11 is 0. The third kappa shape index (κ3) is 4.91. The topological polar surface area (TPSA) is 81.7 Å². The first-order valence-corrected chi connectivity index (χ1v) is 6.48. The number of hydrogen-bond donors (Lipinski definition) is 3. The third-order valence-corrected chi connectivity index (χ3v) is 3.22. The normalized spacial score (nSPS) is 21.6. The number of amides is 2. The van der Waals surface area contributed by atoms with Crippen LogP contribution in [0.25, 0.3) is 0 Å². The predicted octanol–water partition coefficient (Wildman–Crippen LogP) is 0.491. The highest BCUT2D eigenvalue weighted by Crippen LogP contribution is 2.12. The van der Waals surface area contributed by atoms with Crippen LogP contribution in [-0.4, -0.2) is 54.7 Å². The molecule has 0 saturated carbocycles. The molecule has 0 aromatic heterocycles. The van der Waals surface area contributed by atoms with Crippen LogP contribution in [0.2, 0.25) is 0 Å². The van der Waals surface area contributed by atoms with Crippen LogP contribution in [0.5, 0.6) is 0 Å². The SMILES string of the molecule is CCC[C@H](NC(=O)NCC1CCN(C)C1)C(=O)O. The van der Waals surface area contributed by atoms with Crippen molar-refractivity contribution in [2.45, 2.75) is 32.2 Å². The molecule has 0 aliphatic carbocycles. The van der Waals surface area contributed by atoms with Crippen molar-refractivity contribution in [1.82, 2.24) is 15.5 Å². The molecule has 1 aliphatic heterocycles. The molecule has 1 saturated heterocycles. The lowest BCUT2D eigenvalue weighted by molar-refractivity contribution is -0.139. The van der Waals surface area contributed by atoms with Gasteiger partial charge in [-0.1, -0.05) is 13.3 Å². The van der Waals surface area contributed by atoms with E-state index in [4.69, 9.17) is 5.11 Å². The molecule has 1 heterocycles. The minimum atomic E-state index is -0.979. The lowest BCUT2D eigenvalue weighted by Gasteiger charge is -2.16. The van der Waals surface area contributed by atoms with Gasteiger partial charge in [-0.3, -0.25) is 0 Å². The van der Waals surface area contributed by atoms with Crippen molar-refractivity contribution in [2.75, 3.05) is 26.7 Å². The summed E-state index contributed by atoms with van der Waals surface area (Å²) < 4.78 is 0. The lowest BCUT2D eigenvalue weighted by atomic mass is 10.1. The summed E-state index contributed by atoms with van der Waals surface area (Å²) in [5.74, 6) is -0.511. The number of nitrogens with zero attached hydrogens (tertiary/aromatic N) is 1. The molecule has 6 heteroatoms. The van der Waals surface area contributed by atoms with E-state index in [0.717, 1.165) is 25.9 Å². The molecule has 0 spiro atoms. The van der Waals surface area contributed by atoms with Crippen molar-refractivity contribution in [3.05, 3.63) is 0 Å². The van der Waals surface area contributed by atoms with Gasteiger partial charge in [0, 0.05) is 13.1 Å². The van der Waals surface area contributed by atoms with Gasteiger partial charge >= 0.3 is 12.0 Å². The number of carboxylic acids is 1. The number of carbonyl (C=O) groups excluding carboxylic acids is 1. The first-order valence-electron chi connectivity index (χ1n) is 6.48. The molecule has 6 nitrogen and oxygen atoms in total. The predicted molar refractivity (Wildman–Crippen MR) is 68.5 cm³/mol. The monoisotopic (exact) mass is 257 g/mol. The first-order chi connectivity index (χ1) is 8.52. The van der Waals surface area contributed by atoms with E-state index >= 15 is 0 Å². The highest BCUT2D eigenvalue weighted by molar-refractivity contribution is 5.82. The Bertz CT molecular complexity index is 296. The Hall–Kier alpha value is -1.30. The van der Waals surface area contributed by atoms with Crippen LogP contribution in [0.15, 0.2) is 0 Å². The molecular weight excluding hydrogens is 234 g/mol. The molecule has 18 heavy (non-hydrogen) atoms. The van der Waals surface area contributed by atoms with Crippen molar-refractivity contribution in [2.24, 2.45) is 5.92 Å². The van der Waals surface area contributed by atoms with Crippen LogP contribution in [-0.2, 0) is 4.79 Å². The average molecular weight is 257 g/mol. The summed E-state index contributed by atoms with van der Waals surface area (Å²) in [4.78, 5) is 24.7. The van der Waals surface area contributed by atoms with Crippen molar-refractivity contribution < 1.29 is 14.7 Å². The number of nitrogens with one attached hydrogen (secondary N) is 2. The van der Waals surface area contributed by atoms with Crippen molar-refractivity contribution >= 4 is 12.0 Å². The maximum atomic E-state index is 11.6. The van der Waals surface area contributed by atoms with E-state index in [9.17, 15) is 9.59 Å². The second kappa shape index (κ2) is 7.20. The standard InChI is InChI=1S/C12H23N3O3/c1-3-4-10(11(16)17)14-12(18)13-7-9-5-6-15(2)8-9/h9-10H,3-8H2,1-2H3,(H,16,17)(H2,13,14,18)/t9?,10-/m0/s1. The zero-order valence-corrected chi connectivity index (χ0v) is 11.1. The van der Waals surface area contributed by atoms with Crippen LogP contribution in [0.1, 0.15) is 26.2 Å². The molecule has 104 valence electrons. The zero-order chi connectivity index (χ0) is 13.5. The summed E-state index contributed by atoms with van der Waals surface area (Å²) in [6.07, 6.45) is 2.26. The Kier molecular flexibility index (Phi) is 5.91. The van der Waals surface area contributed by atoms with Gasteiger partial charge in [0.25, 0.3) is 0 Å². The Morgan fingerprint density at radius 1 is 1.50 bits per heavy atom. The largest absolute Gasteiger partial charge is 0.480 e. The minimum Gasteiger partial charge on any atom is -0.480 e. The number of carbonyl (C=O) groups is 2. The second-order valence-electron chi connectivity index (χ2n) is 4.95. The molecule has 1 unspecified atom stereocenters. The number of carboxylic acid groups (broad SMARTS) is 1. The van der Waals surface area contributed by atoms with E-state index in [1.54, 1.807) is 0 Å². The molecule has 3 N–H and O–H groups in total. The zero-order valence-electron chi connectivity index (χ0n) is 11.1. The molecule has 0 aromatic rings. The van der Waals surface area contributed by atoms with Gasteiger partial charge in [0.2, 0.25) is 0 Å². The molecule has 1 fully saturated rings. The average Bonchev–Trinajstić information content (AvgIpc) is 2.72.